The largest absolute Gasteiger partial charge is 0.344 e. The first kappa shape index (κ1) is 14.2. The van der Waals surface area contributed by atoms with E-state index in [0.29, 0.717) is 6.42 Å². The SMILES string of the molecule is C=C(Cc1ccc(F)cc1)NC(/N=C\C)=C(C)C. The highest BCUT2D eigenvalue weighted by molar-refractivity contribution is 5.55. The molecule has 1 N–H and O–H groups in total. The van der Waals surface area contributed by atoms with E-state index in [-0.39, 0.29) is 5.82 Å². The number of rotatable bonds is 5. The Hall–Kier alpha value is -1.90. The summed E-state index contributed by atoms with van der Waals surface area (Å²) in [6.45, 7) is 9.81. The van der Waals surface area contributed by atoms with Crippen LogP contribution in [-0.4, -0.2) is 6.21 Å². The lowest BCUT2D eigenvalue weighted by Crippen LogP contribution is -2.13. The van der Waals surface area contributed by atoms with Crippen LogP contribution >= 0.6 is 0 Å². The van der Waals surface area contributed by atoms with Gasteiger partial charge in [-0.1, -0.05) is 18.7 Å². The van der Waals surface area contributed by atoms with E-state index in [9.17, 15) is 4.39 Å². The summed E-state index contributed by atoms with van der Waals surface area (Å²) in [7, 11) is 0. The molecule has 3 heteroatoms. The van der Waals surface area contributed by atoms with Crippen LogP contribution in [0.1, 0.15) is 26.3 Å². The van der Waals surface area contributed by atoms with Gasteiger partial charge in [-0.05, 0) is 44.0 Å². The maximum atomic E-state index is 12.8. The molecule has 96 valence electrons. The van der Waals surface area contributed by atoms with Crippen molar-refractivity contribution < 1.29 is 4.39 Å². The van der Waals surface area contributed by atoms with Crippen LogP contribution in [0.2, 0.25) is 0 Å². The van der Waals surface area contributed by atoms with Gasteiger partial charge in [0.1, 0.15) is 11.6 Å². The molecule has 0 aliphatic rings. The molecule has 0 saturated carbocycles. The van der Waals surface area contributed by atoms with E-state index in [1.807, 2.05) is 20.8 Å². The Morgan fingerprint density at radius 1 is 1.33 bits per heavy atom. The van der Waals surface area contributed by atoms with Gasteiger partial charge in [0.15, 0.2) is 0 Å². The standard InChI is InChI=1S/C15H19FN2/c1-5-17-15(11(2)3)18-12(4)10-13-6-8-14(16)9-7-13/h5-9,18H,4,10H2,1-3H3/b17-5-. The second-order valence-electron chi connectivity index (χ2n) is 4.27. The minimum atomic E-state index is -0.224. The number of allylic oxidation sites excluding steroid dienone is 2. The van der Waals surface area contributed by atoms with Gasteiger partial charge in [0, 0.05) is 18.3 Å². The van der Waals surface area contributed by atoms with Gasteiger partial charge in [-0.3, -0.25) is 0 Å². The average molecular weight is 246 g/mol. The maximum Gasteiger partial charge on any atom is 0.128 e. The predicted octanol–water partition coefficient (Wildman–Crippen LogP) is 3.81. The monoisotopic (exact) mass is 246 g/mol. The summed E-state index contributed by atoms with van der Waals surface area (Å²) in [4.78, 5) is 4.24. The van der Waals surface area contributed by atoms with Gasteiger partial charge < -0.3 is 5.32 Å². The Bertz CT molecular complexity index is 466. The molecule has 2 nitrogen and oxygen atoms in total. The fourth-order valence-electron chi connectivity index (χ4n) is 1.48. The minimum absolute atomic E-state index is 0.224. The molecule has 0 aliphatic carbocycles. The van der Waals surface area contributed by atoms with E-state index >= 15 is 0 Å². The van der Waals surface area contributed by atoms with Crippen molar-refractivity contribution in [1.82, 2.24) is 5.32 Å². The number of hydrogen-bond acceptors (Lipinski definition) is 2. The van der Waals surface area contributed by atoms with Crippen LogP contribution in [-0.2, 0) is 6.42 Å². The molecule has 0 aromatic heterocycles. The van der Waals surface area contributed by atoms with Gasteiger partial charge in [0.05, 0.1) is 0 Å². The molecule has 0 heterocycles. The first-order valence-corrected chi connectivity index (χ1v) is 5.88. The van der Waals surface area contributed by atoms with E-state index in [4.69, 9.17) is 0 Å². The summed E-state index contributed by atoms with van der Waals surface area (Å²) in [5, 5.41) is 3.17. The summed E-state index contributed by atoms with van der Waals surface area (Å²) in [5.74, 6) is 0.586. The van der Waals surface area contributed by atoms with Crippen molar-refractivity contribution in [3.8, 4) is 0 Å². The second kappa shape index (κ2) is 6.74. The van der Waals surface area contributed by atoms with Crippen molar-refractivity contribution in [1.29, 1.82) is 0 Å². The summed E-state index contributed by atoms with van der Waals surface area (Å²) < 4.78 is 12.8. The lowest BCUT2D eigenvalue weighted by molar-refractivity contribution is 0.627. The first-order chi connectivity index (χ1) is 8.52. The lowest BCUT2D eigenvalue weighted by atomic mass is 10.1. The van der Waals surface area contributed by atoms with E-state index < -0.39 is 0 Å². The molecular formula is C15H19FN2. The van der Waals surface area contributed by atoms with Crippen LogP contribution in [0.15, 0.2) is 52.9 Å². The van der Waals surface area contributed by atoms with Crippen molar-refractivity contribution in [2.45, 2.75) is 27.2 Å². The Balaban J connectivity index is 2.67. The van der Waals surface area contributed by atoms with Gasteiger partial charge in [-0.25, -0.2) is 9.38 Å². The Labute approximate surface area is 108 Å². The zero-order chi connectivity index (χ0) is 13.5. The summed E-state index contributed by atoms with van der Waals surface area (Å²) in [5.41, 5.74) is 2.94. The third-order valence-electron chi connectivity index (χ3n) is 2.36. The number of aliphatic imine (C=N–C) groups is 1. The topological polar surface area (TPSA) is 24.4 Å². The quantitative estimate of drug-likeness (QED) is 0.785. The maximum absolute atomic E-state index is 12.8. The highest BCUT2D eigenvalue weighted by Crippen LogP contribution is 2.09. The van der Waals surface area contributed by atoms with Crippen LogP contribution in [0.5, 0.6) is 0 Å². The van der Waals surface area contributed by atoms with Crippen molar-refractivity contribution in [3.63, 3.8) is 0 Å². The Morgan fingerprint density at radius 3 is 2.44 bits per heavy atom. The van der Waals surface area contributed by atoms with E-state index in [2.05, 4.69) is 16.9 Å². The van der Waals surface area contributed by atoms with E-state index in [1.165, 1.54) is 12.1 Å². The summed E-state index contributed by atoms with van der Waals surface area (Å²) in [6, 6.07) is 6.42. The number of benzene rings is 1. The van der Waals surface area contributed by atoms with Gasteiger partial charge in [-0.15, -0.1) is 0 Å². The molecule has 1 rings (SSSR count). The van der Waals surface area contributed by atoms with Crippen molar-refractivity contribution in [2.75, 3.05) is 0 Å². The fourth-order valence-corrected chi connectivity index (χ4v) is 1.48. The zero-order valence-corrected chi connectivity index (χ0v) is 11.1. The van der Waals surface area contributed by atoms with E-state index in [1.54, 1.807) is 18.3 Å². The average Bonchev–Trinajstić information content (AvgIpc) is 2.31. The molecule has 0 fully saturated rings. The minimum Gasteiger partial charge on any atom is -0.344 e. The number of hydrogen-bond donors (Lipinski definition) is 1. The van der Waals surface area contributed by atoms with Crippen molar-refractivity contribution in [3.05, 3.63) is 59.3 Å². The van der Waals surface area contributed by atoms with Crippen molar-refractivity contribution >= 4 is 6.21 Å². The van der Waals surface area contributed by atoms with Crippen LogP contribution in [0, 0.1) is 5.82 Å². The van der Waals surface area contributed by atoms with Crippen LogP contribution < -0.4 is 5.32 Å². The van der Waals surface area contributed by atoms with Gasteiger partial charge in [-0.2, -0.15) is 0 Å². The highest BCUT2D eigenvalue weighted by atomic mass is 19.1. The molecule has 0 amide bonds. The van der Waals surface area contributed by atoms with Crippen LogP contribution in [0.3, 0.4) is 0 Å². The molecule has 1 aromatic rings. The van der Waals surface area contributed by atoms with Crippen LogP contribution in [0.4, 0.5) is 4.39 Å². The van der Waals surface area contributed by atoms with Gasteiger partial charge in [0.25, 0.3) is 0 Å². The molecule has 0 atom stereocenters. The molecule has 0 saturated heterocycles. The van der Waals surface area contributed by atoms with Crippen molar-refractivity contribution in [2.24, 2.45) is 4.99 Å². The number of nitrogens with zero attached hydrogens (tertiary/aromatic N) is 1. The van der Waals surface area contributed by atoms with Crippen LogP contribution in [0.25, 0.3) is 0 Å². The summed E-state index contributed by atoms with van der Waals surface area (Å²) in [6.07, 6.45) is 2.39. The normalized spacial score (nSPS) is 10.4. The molecule has 1 aromatic carbocycles. The smallest absolute Gasteiger partial charge is 0.128 e. The first-order valence-electron chi connectivity index (χ1n) is 5.88. The summed E-state index contributed by atoms with van der Waals surface area (Å²) >= 11 is 0. The number of nitrogens with one attached hydrogen (secondary N) is 1. The molecule has 0 radical (unpaired) electrons. The van der Waals surface area contributed by atoms with Gasteiger partial charge in [0.2, 0.25) is 0 Å². The second-order valence-corrected chi connectivity index (χ2v) is 4.27. The zero-order valence-electron chi connectivity index (χ0n) is 11.1. The highest BCUT2D eigenvalue weighted by Gasteiger charge is 2.01. The van der Waals surface area contributed by atoms with E-state index in [0.717, 1.165) is 22.7 Å². The lowest BCUT2D eigenvalue weighted by Gasteiger charge is -2.11. The molecule has 0 spiro atoms. The Kier molecular flexibility index (Phi) is 5.31. The third-order valence-corrected chi connectivity index (χ3v) is 2.36. The molecular weight excluding hydrogens is 227 g/mol. The van der Waals surface area contributed by atoms with Gasteiger partial charge >= 0.3 is 0 Å². The number of halogens is 1. The Morgan fingerprint density at radius 2 is 1.94 bits per heavy atom. The molecule has 18 heavy (non-hydrogen) atoms. The molecule has 0 bridgehead atoms. The third kappa shape index (κ3) is 4.53. The fraction of sp³-hybridized carbons (Fsp3) is 0.267. The molecule has 0 aliphatic heterocycles. The molecule has 0 unspecified atom stereocenters. The predicted molar refractivity (Wildman–Crippen MR) is 74.9 cm³/mol.